The van der Waals surface area contributed by atoms with Crippen molar-refractivity contribution in [1.82, 2.24) is 4.98 Å². The zero-order chi connectivity index (χ0) is 10.9. The molecule has 1 aliphatic rings. The molecular weight excluding hydrogens is 205 g/mol. The Morgan fingerprint density at radius 3 is 2.80 bits per heavy atom. The molecule has 0 aromatic carbocycles. The maximum absolute atomic E-state index is 12.4. The molecule has 1 unspecified atom stereocenters. The number of aromatic nitrogens is 1. The molecule has 81 valence electrons. The van der Waals surface area contributed by atoms with E-state index < -0.39 is 12.1 Å². The second-order valence-electron chi connectivity index (χ2n) is 3.58. The van der Waals surface area contributed by atoms with E-state index in [1.807, 2.05) is 0 Å². The Bertz CT molecular complexity index is 323. The molecule has 5 heteroatoms. The van der Waals surface area contributed by atoms with E-state index in [1.165, 1.54) is 0 Å². The Kier molecular flexibility index (Phi) is 2.54. The first-order chi connectivity index (χ1) is 7.07. The van der Waals surface area contributed by atoms with Crippen LogP contribution in [0.15, 0.2) is 18.3 Å². The Hall–Kier alpha value is -1.26. The van der Waals surface area contributed by atoms with Crippen molar-refractivity contribution in [2.45, 2.75) is 12.6 Å². The van der Waals surface area contributed by atoms with Crippen molar-refractivity contribution in [3.8, 4) is 0 Å². The van der Waals surface area contributed by atoms with Crippen molar-refractivity contribution in [2.75, 3.05) is 18.0 Å². The fourth-order valence-corrected chi connectivity index (χ4v) is 1.71. The SMILES string of the molecule is FC(F)(F)C1CCN(c2[c]cccn2)C1. The van der Waals surface area contributed by atoms with Gasteiger partial charge in [-0.15, -0.1) is 0 Å². The van der Waals surface area contributed by atoms with Crippen LogP contribution in [0.2, 0.25) is 0 Å². The van der Waals surface area contributed by atoms with Crippen LogP contribution in [-0.4, -0.2) is 24.2 Å². The van der Waals surface area contributed by atoms with E-state index in [0.29, 0.717) is 12.4 Å². The number of hydrogen-bond acceptors (Lipinski definition) is 2. The minimum atomic E-state index is -4.09. The van der Waals surface area contributed by atoms with Gasteiger partial charge in [-0.3, -0.25) is 0 Å². The van der Waals surface area contributed by atoms with Crippen LogP contribution in [0.25, 0.3) is 0 Å². The molecule has 1 aromatic rings. The Balaban J connectivity index is 2.05. The summed E-state index contributed by atoms with van der Waals surface area (Å²) in [6.07, 6.45) is -2.38. The Labute approximate surface area is 85.7 Å². The monoisotopic (exact) mass is 215 g/mol. The number of pyridine rings is 1. The molecule has 1 atom stereocenters. The summed E-state index contributed by atoms with van der Waals surface area (Å²) in [5, 5.41) is 0. The summed E-state index contributed by atoms with van der Waals surface area (Å²) < 4.78 is 37.2. The van der Waals surface area contributed by atoms with Crippen molar-refractivity contribution in [1.29, 1.82) is 0 Å². The van der Waals surface area contributed by atoms with E-state index in [2.05, 4.69) is 11.1 Å². The number of hydrogen-bond donors (Lipinski definition) is 0. The molecule has 1 aromatic heterocycles. The topological polar surface area (TPSA) is 16.1 Å². The molecule has 1 aliphatic heterocycles. The van der Waals surface area contributed by atoms with Crippen molar-refractivity contribution in [2.24, 2.45) is 5.92 Å². The van der Waals surface area contributed by atoms with Crippen molar-refractivity contribution >= 4 is 5.82 Å². The van der Waals surface area contributed by atoms with Gasteiger partial charge in [-0.2, -0.15) is 13.2 Å². The highest BCUT2D eigenvalue weighted by atomic mass is 19.4. The smallest absolute Gasteiger partial charge is 0.355 e. The molecule has 2 nitrogen and oxygen atoms in total. The van der Waals surface area contributed by atoms with Crippen LogP contribution in [0.1, 0.15) is 6.42 Å². The third-order valence-corrected chi connectivity index (χ3v) is 2.54. The van der Waals surface area contributed by atoms with Crippen LogP contribution in [0.4, 0.5) is 19.0 Å². The van der Waals surface area contributed by atoms with E-state index in [-0.39, 0.29) is 13.0 Å². The number of halogens is 3. The summed E-state index contributed by atoms with van der Waals surface area (Å²) in [6.45, 7) is 0.398. The van der Waals surface area contributed by atoms with Crippen molar-refractivity contribution < 1.29 is 13.2 Å². The lowest BCUT2D eigenvalue weighted by molar-refractivity contribution is -0.168. The molecule has 15 heavy (non-hydrogen) atoms. The van der Waals surface area contributed by atoms with Gasteiger partial charge in [0, 0.05) is 25.4 Å². The van der Waals surface area contributed by atoms with Crippen LogP contribution in [0, 0.1) is 12.0 Å². The highest BCUT2D eigenvalue weighted by Crippen LogP contribution is 2.34. The van der Waals surface area contributed by atoms with E-state index >= 15 is 0 Å². The van der Waals surface area contributed by atoms with Crippen LogP contribution in [-0.2, 0) is 0 Å². The van der Waals surface area contributed by atoms with Crippen LogP contribution in [0.3, 0.4) is 0 Å². The third kappa shape index (κ3) is 2.22. The Morgan fingerprint density at radius 2 is 2.27 bits per heavy atom. The minimum absolute atomic E-state index is 0.00296. The quantitative estimate of drug-likeness (QED) is 0.714. The van der Waals surface area contributed by atoms with Crippen LogP contribution >= 0.6 is 0 Å². The van der Waals surface area contributed by atoms with E-state index in [9.17, 15) is 13.2 Å². The van der Waals surface area contributed by atoms with Crippen molar-refractivity contribution in [3.63, 3.8) is 0 Å². The molecule has 0 bridgehead atoms. The largest absolute Gasteiger partial charge is 0.393 e. The molecule has 0 spiro atoms. The average molecular weight is 215 g/mol. The van der Waals surface area contributed by atoms with Gasteiger partial charge in [0.25, 0.3) is 0 Å². The standard InChI is InChI=1S/C10H10F3N2/c11-10(12,13)8-4-6-15(7-8)9-3-1-2-5-14-9/h1-2,5,8H,4,6-7H2. The lowest BCUT2D eigenvalue weighted by Crippen LogP contribution is -2.27. The fourth-order valence-electron chi connectivity index (χ4n) is 1.71. The van der Waals surface area contributed by atoms with Gasteiger partial charge in [0.2, 0.25) is 0 Å². The summed E-state index contributed by atoms with van der Waals surface area (Å²) in [5.41, 5.74) is 0. The molecule has 2 heterocycles. The van der Waals surface area contributed by atoms with Gasteiger partial charge in [0.15, 0.2) is 0 Å². The summed E-state index contributed by atoms with van der Waals surface area (Å²) in [5.74, 6) is -0.725. The maximum Gasteiger partial charge on any atom is 0.393 e. The van der Waals surface area contributed by atoms with Gasteiger partial charge in [0.05, 0.1) is 5.92 Å². The number of nitrogens with zero attached hydrogens (tertiary/aromatic N) is 2. The number of anilines is 1. The van der Waals surface area contributed by atoms with E-state index in [0.717, 1.165) is 0 Å². The third-order valence-electron chi connectivity index (χ3n) is 2.54. The first kappa shape index (κ1) is 10.3. The molecule has 1 saturated heterocycles. The molecule has 0 aliphatic carbocycles. The minimum Gasteiger partial charge on any atom is -0.355 e. The van der Waals surface area contributed by atoms with Crippen molar-refractivity contribution in [3.05, 3.63) is 24.4 Å². The van der Waals surface area contributed by atoms with Gasteiger partial charge >= 0.3 is 6.18 Å². The first-order valence-corrected chi connectivity index (χ1v) is 4.72. The summed E-state index contributed by atoms with van der Waals surface area (Å²) >= 11 is 0. The molecule has 0 saturated carbocycles. The van der Waals surface area contributed by atoms with Gasteiger partial charge < -0.3 is 4.90 Å². The van der Waals surface area contributed by atoms with Gasteiger partial charge in [-0.05, 0) is 18.6 Å². The second kappa shape index (κ2) is 3.72. The predicted octanol–water partition coefficient (Wildman–Crippen LogP) is 2.27. The number of rotatable bonds is 1. The van der Waals surface area contributed by atoms with Gasteiger partial charge in [-0.1, -0.05) is 0 Å². The molecule has 0 N–H and O–H groups in total. The summed E-state index contributed by atoms with van der Waals surface area (Å²) in [7, 11) is 0. The predicted molar refractivity (Wildman–Crippen MR) is 49.4 cm³/mol. The first-order valence-electron chi connectivity index (χ1n) is 4.72. The molecule has 2 rings (SSSR count). The lowest BCUT2D eigenvalue weighted by Gasteiger charge is -2.18. The van der Waals surface area contributed by atoms with Crippen LogP contribution in [0.5, 0.6) is 0 Å². The summed E-state index contributed by atoms with van der Waals surface area (Å²) in [4.78, 5) is 5.60. The Morgan fingerprint density at radius 1 is 1.47 bits per heavy atom. The highest BCUT2D eigenvalue weighted by Gasteiger charge is 2.43. The zero-order valence-electron chi connectivity index (χ0n) is 7.96. The fraction of sp³-hybridized carbons (Fsp3) is 0.500. The molecule has 1 fully saturated rings. The molecule has 1 radical (unpaired) electrons. The normalized spacial score (nSPS) is 22.1. The average Bonchev–Trinajstić information content (AvgIpc) is 2.67. The van der Waals surface area contributed by atoms with Crippen LogP contribution < -0.4 is 4.90 Å². The zero-order valence-corrected chi connectivity index (χ0v) is 7.96. The van der Waals surface area contributed by atoms with Gasteiger partial charge in [0.1, 0.15) is 5.82 Å². The van der Waals surface area contributed by atoms with E-state index in [1.54, 1.807) is 23.2 Å². The summed E-state index contributed by atoms with van der Waals surface area (Å²) in [6, 6.07) is 6.18. The second-order valence-corrected chi connectivity index (χ2v) is 3.58. The maximum atomic E-state index is 12.4. The number of alkyl halides is 3. The molecule has 0 amide bonds. The van der Waals surface area contributed by atoms with E-state index in [4.69, 9.17) is 0 Å². The highest BCUT2D eigenvalue weighted by molar-refractivity contribution is 5.37. The lowest BCUT2D eigenvalue weighted by atomic mass is 10.1. The molecular formula is C10H10F3N2. The van der Waals surface area contributed by atoms with Gasteiger partial charge in [-0.25, -0.2) is 4.98 Å².